The van der Waals surface area contributed by atoms with Crippen LogP contribution in [0.4, 0.5) is 8.78 Å². The molecule has 0 aliphatic rings. The van der Waals surface area contributed by atoms with Crippen LogP contribution in [0.15, 0.2) is 30.3 Å². The van der Waals surface area contributed by atoms with Gasteiger partial charge in [0.05, 0.1) is 0 Å². The number of hydrogen-bond donors (Lipinski definition) is 2. The van der Waals surface area contributed by atoms with Gasteiger partial charge >= 0.3 is 0 Å². The lowest BCUT2D eigenvalue weighted by molar-refractivity contribution is -0.107. The van der Waals surface area contributed by atoms with Gasteiger partial charge in [-0.3, -0.25) is 0 Å². The minimum absolute atomic E-state index is 0.0170. The van der Waals surface area contributed by atoms with Crippen LogP contribution in [0, 0.1) is 5.92 Å². The Morgan fingerprint density at radius 3 is 2.53 bits per heavy atom. The second-order valence-electron chi connectivity index (χ2n) is 5.56. The summed E-state index contributed by atoms with van der Waals surface area (Å²) < 4.78 is 26.2. The molecule has 2 aromatic rings. The Labute approximate surface area is 111 Å². The van der Waals surface area contributed by atoms with Crippen molar-refractivity contribution in [2.45, 2.75) is 38.7 Å². The Kier molecular flexibility index (Phi) is 3.90. The fraction of sp³-hybridized carbons (Fsp3) is 0.467. The summed E-state index contributed by atoms with van der Waals surface area (Å²) in [6, 6.07) is 9.41. The number of H-pyrrole nitrogens is 1. The number of aromatic nitrogens is 1. The first-order chi connectivity index (χ1) is 8.90. The van der Waals surface area contributed by atoms with Gasteiger partial charge in [0.2, 0.25) is 0 Å². The van der Waals surface area contributed by atoms with E-state index >= 15 is 0 Å². The third kappa shape index (κ3) is 3.13. The fourth-order valence-corrected chi connectivity index (χ4v) is 2.50. The van der Waals surface area contributed by atoms with E-state index in [2.05, 4.69) is 4.98 Å². The molecular weight excluding hydrogens is 248 g/mol. The number of nitrogens with one attached hydrogen (secondary N) is 1. The Balaban J connectivity index is 2.25. The molecule has 0 saturated carbocycles. The second-order valence-corrected chi connectivity index (χ2v) is 5.56. The van der Waals surface area contributed by atoms with Gasteiger partial charge in [-0.15, -0.1) is 0 Å². The lowest BCUT2D eigenvalue weighted by atomic mass is 9.88. The minimum atomic E-state index is -2.75. The Hall–Kier alpha value is -1.42. The van der Waals surface area contributed by atoms with Gasteiger partial charge in [-0.25, -0.2) is 8.78 Å². The standard InChI is InChI=1S/C15H19F2NO/c1-10(2)8-15(19,14(16)17)9-12-7-11-5-3-4-6-13(11)18-12/h3-7,10,14,18-19H,8-9H2,1-2H3. The Morgan fingerprint density at radius 2 is 1.95 bits per heavy atom. The van der Waals surface area contributed by atoms with Gasteiger partial charge in [-0.05, 0) is 29.9 Å². The molecule has 0 spiro atoms. The molecular formula is C15H19F2NO. The zero-order valence-electron chi connectivity index (χ0n) is 11.2. The number of aliphatic hydroxyl groups is 1. The molecule has 4 heteroatoms. The smallest absolute Gasteiger partial charge is 0.267 e. The average molecular weight is 267 g/mol. The van der Waals surface area contributed by atoms with Gasteiger partial charge in [0.25, 0.3) is 6.43 Å². The highest BCUT2D eigenvalue weighted by Crippen LogP contribution is 2.29. The molecule has 0 amide bonds. The summed E-state index contributed by atoms with van der Waals surface area (Å²) in [6.07, 6.45) is -2.72. The van der Waals surface area contributed by atoms with Crippen molar-refractivity contribution in [1.29, 1.82) is 0 Å². The van der Waals surface area contributed by atoms with Crippen molar-refractivity contribution >= 4 is 10.9 Å². The maximum atomic E-state index is 13.1. The number of para-hydroxylation sites is 1. The van der Waals surface area contributed by atoms with Gasteiger partial charge in [0, 0.05) is 17.6 Å². The summed E-state index contributed by atoms with van der Waals surface area (Å²) in [5, 5.41) is 11.1. The topological polar surface area (TPSA) is 36.0 Å². The van der Waals surface area contributed by atoms with E-state index in [1.54, 1.807) is 0 Å². The quantitative estimate of drug-likeness (QED) is 0.850. The minimum Gasteiger partial charge on any atom is -0.384 e. The largest absolute Gasteiger partial charge is 0.384 e. The normalized spacial score (nSPS) is 15.3. The average Bonchev–Trinajstić information content (AvgIpc) is 2.69. The zero-order chi connectivity index (χ0) is 14.0. The summed E-state index contributed by atoms with van der Waals surface area (Å²) in [5.74, 6) is 0.0170. The highest BCUT2D eigenvalue weighted by molar-refractivity contribution is 5.80. The van der Waals surface area contributed by atoms with E-state index < -0.39 is 12.0 Å². The van der Waals surface area contributed by atoms with Gasteiger partial charge in [0.15, 0.2) is 0 Å². The van der Waals surface area contributed by atoms with Crippen molar-refractivity contribution < 1.29 is 13.9 Å². The van der Waals surface area contributed by atoms with E-state index in [-0.39, 0.29) is 18.8 Å². The molecule has 2 N–H and O–H groups in total. The molecule has 1 atom stereocenters. The molecule has 1 aromatic carbocycles. The number of halogens is 2. The van der Waals surface area contributed by atoms with Crippen molar-refractivity contribution in [2.24, 2.45) is 5.92 Å². The van der Waals surface area contributed by atoms with Crippen LogP contribution >= 0.6 is 0 Å². The van der Waals surface area contributed by atoms with Crippen LogP contribution in [0.25, 0.3) is 10.9 Å². The zero-order valence-corrected chi connectivity index (χ0v) is 11.2. The fourth-order valence-electron chi connectivity index (χ4n) is 2.50. The number of benzene rings is 1. The predicted molar refractivity (Wildman–Crippen MR) is 72.4 cm³/mol. The van der Waals surface area contributed by atoms with Crippen molar-refractivity contribution in [3.8, 4) is 0 Å². The molecule has 104 valence electrons. The first kappa shape index (κ1) is 14.0. The van der Waals surface area contributed by atoms with Crippen LogP contribution in [0.3, 0.4) is 0 Å². The number of rotatable bonds is 5. The van der Waals surface area contributed by atoms with Crippen LogP contribution in [-0.2, 0) is 6.42 Å². The highest BCUT2D eigenvalue weighted by atomic mass is 19.3. The van der Waals surface area contributed by atoms with Crippen molar-refractivity contribution in [1.82, 2.24) is 4.98 Å². The third-order valence-electron chi connectivity index (χ3n) is 3.25. The molecule has 0 fully saturated rings. The summed E-state index contributed by atoms with van der Waals surface area (Å²) in [7, 11) is 0. The molecule has 1 aromatic heterocycles. The van der Waals surface area contributed by atoms with Crippen molar-refractivity contribution in [3.05, 3.63) is 36.0 Å². The van der Waals surface area contributed by atoms with E-state index in [0.29, 0.717) is 5.69 Å². The summed E-state index contributed by atoms with van der Waals surface area (Å²) in [4.78, 5) is 3.09. The number of aromatic amines is 1. The summed E-state index contributed by atoms with van der Waals surface area (Å²) >= 11 is 0. The lowest BCUT2D eigenvalue weighted by Crippen LogP contribution is -2.41. The van der Waals surface area contributed by atoms with Crippen LogP contribution < -0.4 is 0 Å². The maximum absolute atomic E-state index is 13.1. The Bertz CT molecular complexity index is 517. The van der Waals surface area contributed by atoms with E-state index in [1.165, 1.54) is 0 Å². The Morgan fingerprint density at radius 1 is 1.26 bits per heavy atom. The molecule has 0 saturated heterocycles. The molecule has 1 unspecified atom stereocenters. The van der Waals surface area contributed by atoms with E-state index in [4.69, 9.17) is 0 Å². The van der Waals surface area contributed by atoms with Crippen LogP contribution in [-0.4, -0.2) is 22.1 Å². The van der Waals surface area contributed by atoms with Gasteiger partial charge < -0.3 is 10.1 Å². The molecule has 0 bridgehead atoms. The van der Waals surface area contributed by atoms with E-state index in [0.717, 1.165) is 10.9 Å². The predicted octanol–water partition coefficient (Wildman–Crippen LogP) is 3.75. The van der Waals surface area contributed by atoms with E-state index in [1.807, 2.05) is 44.2 Å². The summed E-state index contributed by atoms with van der Waals surface area (Å²) in [5.41, 5.74) is -0.419. The monoisotopic (exact) mass is 267 g/mol. The van der Waals surface area contributed by atoms with Crippen molar-refractivity contribution in [2.75, 3.05) is 0 Å². The van der Waals surface area contributed by atoms with Crippen LogP contribution in [0.2, 0.25) is 0 Å². The van der Waals surface area contributed by atoms with Gasteiger partial charge in [-0.1, -0.05) is 32.0 Å². The number of hydrogen-bond acceptors (Lipinski definition) is 1. The molecule has 19 heavy (non-hydrogen) atoms. The number of alkyl halides is 2. The van der Waals surface area contributed by atoms with E-state index in [9.17, 15) is 13.9 Å². The molecule has 0 radical (unpaired) electrons. The summed E-state index contributed by atoms with van der Waals surface area (Å²) in [6.45, 7) is 3.66. The number of fused-ring (bicyclic) bond motifs is 1. The van der Waals surface area contributed by atoms with Gasteiger partial charge in [-0.2, -0.15) is 0 Å². The maximum Gasteiger partial charge on any atom is 0.267 e. The second kappa shape index (κ2) is 5.29. The molecule has 0 aliphatic carbocycles. The molecule has 1 heterocycles. The third-order valence-corrected chi connectivity index (χ3v) is 3.25. The first-order valence-electron chi connectivity index (χ1n) is 6.48. The molecule has 2 nitrogen and oxygen atoms in total. The van der Waals surface area contributed by atoms with Gasteiger partial charge in [0.1, 0.15) is 5.60 Å². The SMILES string of the molecule is CC(C)CC(O)(Cc1cc2ccccc2[nH]1)C(F)F. The molecule has 2 rings (SSSR count). The van der Waals surface area contributed by atoms with Crippen LogP contribution in [0.1, 0.15) is 26.0 Å². The van der Waals surface area contributed by atoms with Crippen LogP contribution in [0.5, 0.6) is 0 Å². The lowest BCUT2D eigenvalue weighted by Gasteiger charge is -2.28. The highest BCUT2D eigenvalue weighted by Gasteiger charge is 2.38. The first-order valence-corrected chi connectivity index (χ1v) is 6.48. The van der Waals surface area contributed by atoms with Crippen molar-refractivity contribution in [3.63, 3.8) is 0 Å². The molecule has 0 aliphatic heterocycles.